The fourth-order valence-corrected chi connectivity index (χ4v) is 3.75. The third-order valence-corrected chi connectivity index (χ3v) is 5.49. The average molecular weight is 428 g/mol. The fourth-order valence-electron chi connectivity index (χ4n) is 3.63. The van der Waals surface area contributed by atoms with E-state index < -0.39 is 0 Å². The zero-order chi connectivity index (χ0) is 21.1. The van der Waals surface area contributed by atoms with Crippen LogP contribution in [0.2, 0.25) is 5.02 Å². The van der Waals surface area contributed by atoms with E-state index in [1.807, 2.05) is 17.0 Å². The van der Waals surface area contributed by atoms with Crippen molar-refractivity contribution < 1.29 is 18.8 Å². The van der Waals surface area contributed by atoms with Crippen molar-refractivity contribution in [2.45, 2.75) is 18.8 Å². The van der Waals surface area contributed by atoms with Crippen LogP contribution in [0, 0.1) is 0 Å². The highest BCUT2D eigenvalue weighted by Gasteiger charge is 2.30. The highest BCUT2D eigenvalue weighted by Crippen LogP contribution is 2.31. The minimum atomic E-state index is -0.0864. The first-order chi connectivity index (χ1) is 14.6. The van der Waals surface area contributed by atoms with E-state index in [1.54, 1.807) is 44.6 Å². The van der Waals surface area contributed by atoms with Gasteiger partial charge in [0, 0.05) is 29.7 Å². The number of benzene rings is 2. The predicted octanol–water partition coefficient (Wildman–Crippen LogP) is 4.43. The summed E-state index contributed by atoms with van der Waals surface area (Å²) >= 11 is 5.94. The molecule has 1 aliphatic rings. The molecule has 1 aliphatic heterocycles. The van der Waals surface area contributed by atoms with E-state index >= 15 is 0 Å². The lowest BCUT2D eigenvalue weighted by Crippen LogP contribution is -2.39. The van der Waals surface area contributed by atoms with Gasteiger partial charge >= 0.3 is 0 Å². The Hall–Kier alpha value is -3.06. The van der Waals surface area contributed by atoms with Gasteiger partial charge in [-0.05, 0) is 49.2 Å². The molecule has 1 atom stereocenters. The zero-order valence-corrected chi connectivity index (χ0v) is 17.6. The summed E-state index contributed by atoms with van der Waals surface area (Å²) in [4.78, 5) is 19.5. The number of likely N-dealkylation sites (tertiary alicyclic amines) is 1. The lowest BCUT2D eigenvalue weighted by molar-refractivity contribution is 0.0692. The van der Waals surface area contributed by atoms with Gasteiger partial charge in [0.25, 0.3) is 5.91 Å². The van der Waals surface area contributed by atoms with Crippen LogP contribution in [0.15, 0.2) is 47.0 Å². The highest BCUT2D eigenvalue weighted by molar-refractivity contribution is 6.30. The molecule has 0 N–H and O–H groups in total. The summed E-state index contributed by atoms with van der Waals surface area (Å²) in [5.41, 5.74) is 1.34. The SMILES string of the molecule is COc1ccc(C(=O)N2CCC[C@@H](c3nc(-c4ccc(Cl)cc4)no3)C2)c(OC)c1. The van der Waals surface area contributed by atoms with Gasteiger partial charge in [0.2, 0.25) is 11.7 Å². The minimum Gasteiger partial charge on any atom is -0.497 e. The molecule has 0 spiro atoms. The first kappa shape index (κ1) is 20.2. The van der Waals surface area contributed by atoms with E-state index in [9.17, 15) is 4.79 Å². The van der Waals surface area contributed by atoms with Gasteiger partial charge in [0.05, 0.1) is 25.7 Å². The summed E-state index contributed by atoms with van der Waals surface area (Å²) in [6, 6.07) is 12.5. The third-order valence-electron chi connectivity index (χ3n) is 5.24. The number of rotatable bonds is 5. The number of nitrogens with zero attached hydrogens (tertiary/aromatic N) is 3. The molecular weight excluding hydrogens is 406 g/mol. The van der Waals surface area contributed by atoms with Crippen molar-refractivity contribution in [3.8, 4) is 22.9 Å². The highest BCUT2D eigenvalue weighted by atomic mass is 35.5. The maximum atomic E-state index is 13.1. The fraction of sp³-hybridized carbons (Fsp3) is 0.318. The van der Waals surface area contributed by atoms with Gasteiger partial charge in [-0.25, -0.2) is 0 Å². The van der Waals surface area contributed by atoms with E-state index in [1.165, 1.54) is 0 Å². The lowest BCUT2D eigenvalue weighted by atomic mass is 9.97. The number of hydrogen-bond donors (Lipinski definition) is 0. The lowest BCUT2D eigenvalue weighted by Gasteiger charge is -2.31. The molecule has 0 bridgehead atoms. The van der Waals surface area contributed by atoms with Crippen molar-refractivity contribution in [1.29, 1.82) is 0 Å². The molecule has 1 saturated heterocycles. The molecular formula is C22H22ClN3O4. The molecule has 8 heteroatoms. The van der Waals surface area contributed by atoms with Crippen LogP contribution in [-0.4, -0.2) is 48.3 Å². The normalized spacial score (nSPS) is 16.4. The van der Waals surface area contributed by atoms with Crippen molar-refractivity contribution >= 4 is 17.5 Å². The maximum absolute atomic E-state index is 13.1. The third kappa shape index (κ3) is 4.11. The molecule has 2 aromatic carbocycles. The summed E-state index contributed by atoms with van der Waals surface area (Å²) in [6.45, 7) is 1.18. The van der Waals surface area contributed by atoms with E-state index in [4.69, 9.17) is 25.6 Å². The molecule has 30 heavy (non-hydrogen) atoms. The second-order valence-electron chi connectivity index (χ2n) is 7.12. The van der Waals surface area contributed by atoms with E-state index in [0.717, 1.165) is 18.4 Å². The van der Waals surface area contributed by atoms with Crippen LogP contribution >= 0.6 is 11.6 Å². The number of halogens is 1. The number of piperidine rings is 1. The van der Waals surface area contributed by atoms with Crippen molar-refractivity contribution in [2.24, 2.45) is 0 Å². The van der Waals surface area contributed by atoms with E-state index in [-0.39, 0.29) is 11.8 Å². The van der Waals surface area contributed by atoms with Crippen molar-refractivity contribution in [2.75, 3.05) is 27.3 Å². The molecule has 1 aromatic heterocycles. The molecule has 7 nitrogen and oxygen atoms in total. The monoisotopic (exact) mass is 427 g/mol. The Balaban J connectivity index is 1.51. The Morgan fingerprint density at radius 2 is 1.97 bits per heavy atom. The largest absolute Gasteiger partial charge is 0.497 e. The van der Waals surface area contributed by atoms with Crippen LogP contribution in [0.25, 0.3) is 11.4 Å². The van der Waals surface area contributed by atoms with Gasteiger partial charge in [0.15, 0.2) is 0 Å². The van der Waals surface area contributed by atoms with Crippen molar-refractivity contribution in [3.63, 3.8) is 0 Å². The van der Waals surface area contributed by atoms with Crippen LogP contribution in [0.1, 0.15) is 35.0 Å². The summed E-state index contributed by atoms with van der Waals surface area (Å²) < 4.78 is 16.1. The number of ether oxygens (including phenoxy) is 2. The van der Waals surface area contributed by atoms with E-state index in [2.05, 4.69) is 10.1 Å². The second-order valence-corrected chi connectivity index (χ2v) is 7.56. The topological polar surface area (TPSA) is 77.7 Å². The van der Waals surface area contributed by atoms with E-state index in [0.29, 0.717) is 46.9 Å². The predicted molar refractivity (Wildman–Crippen MR) is 112 cm³/mol. The first-order valence-corrected chi connectivity index (χ1v) is 10.1. The number of hydrogen-bond acceptors (Lipinski definition) is 6. The standard InChI is InChI=1S/C22H22ClN3O4/c1-28-17-9-10-18(19(12-17)29-2)22(27)26-11-3-4-15(13-26)21-24-20(25-30-21)14-5-7-16(23)8-6-14/h5-10,12,15H,3-4,11,13H2,1-2H3/t15-/m1/s1. The molecule has 4 rings (SSSR count). The quantitative estimate of drug-likeness (QED) is 0.599. The Labute approximate surface area is 179 Å². The summed E-state index contributed by atoms with van der Waals surface area (Å²) in [7, 11) is 3.12. The Bertz CT molecular complexity index is 1040. The summed E-state index contributed by atoms with van der Waals surface area (Å²) in [6.07, 6.45) is 1.74. The number of aromatic nitrogens is 2. The Morgan fingerprint density at radius 3 is 2.70 bits per heavy atom. The number of methoxy groups -OCH3 is 2. The second kappa shape index (κ2) is 8.75. The van der Waals surface area contributed by atoms with Gasteiger partial charge in [-0.15, -0.1) is 0 Å². The van der Waals surface area contributed by atoms with Crippen molar-refractivity contribution in [3.05, 3.63) is 58.9 Å². The van der Waals surface area contributed by atoms with Crippen LogP contribution in [0.3, 0.4) is 0 Å². The van der Waals surface area contributed by atoms with Gasteiger partial charge in [-0.2, -0.15) is 4.98 Å². The van der Waals surface area contributed by atoms with Crippen LogP contribution in [-0.2, 0) is 0 Å². The van der Waals surface area contributed by atoms with Gasteiger partial charge in [0.1, 0.15) is 11.5 Å². The maximum Gasteiger partial charge on any atom is 0.257 e. The first-order valence-electron chi connectivity index (χ1n) is 9.70. The molecule has 0 saturated carbocycles. The molecule has 1 fully saturated rings. The minimum absolute atomic E-state index is 0.0134. The van der Waals surface area contributed by atoms with Crippen LogP contribution < -0.4 is 9.47 Å². The summed E-state index contributed by atoms with van der Waals surface area (Å²) in [5, 5.41) is 4.75. The number of carbonyl (C=O) groups is 1. The van der Waals surface area contributed by atoms with Crippen molar-refractivity contribution in [1.82, 2.24) is 15.0 Å². The Morgan fingerprint density at radius 1 is 1.17 bits per heavy atom. The van der Waals surface area contributed by atoms with Gasteiger partial charge in [-0.1, -0.05) is 16.8 Å². The molecule has 156 valence electrons. The smallest absolute Gasteiger partial charge is 0.257 e. The number of carbonyl (C=O) groups excluding carboxylic acids is 1. The molecule has 2 heterocycles. The van der Waals surface area contributed by atoms with Crippen LogP contribution in [0.4, 0.5) is 0 Å². The molecule has 0 radical (unpaired) electrons. The zero-order valence-electron chi connectivity index (χ0n) is 16.8. The number of amides is 1. The van der Waals surface area contributed by atoms with Gasteiger partial charge < -0.3 is 18.9 Å². The average Bonchev–Trinajstić information content (AvgIpc) is 3.29. The summed E-state index contributed by atoms with van der Waals surface area (Å²) in [5.74, 6) is 2.09. The molecule has 3 aromatic rings. The molecule has 0 unspecified atom stereocenters. The van der Waals surface area contributed by atoms with Crippen LogP contribution in [0.5, 0.6) is 11.5 Å². The Kier molecular flexibility index (Phi) is 5.90. The molecule has 0 aliphatic carbocycles. The van der Waals surface area contributed by atoms with Gasteiger partial charge in [-0.3, -0.25) is 4.79 Å². The molecule has 1 amide bonds.